The number of nitrogens with one attached hydrogen (secondary N) is 1. The second-order valence-corrected chi connectivity index (χ2v) is 4.64. The standard InChI is InChI=1S/C13H15BrN2O/c1-17-9-3-8-15-12-7-6-10-4-2-5-11(14)13(10)16-12/h2,4-7H,3,8-9H2,1H3,(H,15,16). The lowest BCUT2D eigenvalue weighted by Gasteiger charge is -2.07. The van der Waals surface area contributed by atoms with Crippen molar-refractivity contribution in [3.8, 4) is 0 Å². The molecule has 1 heterocycles. The summed E-state index contributed by atoms with van der Waals surface area (Å²) in [5.74, 6) is 0.903. The third kappa shape index (κ3) is 3.17. The molecule has 0 unspecified atom stereocenters. The van der Waals surface area contributed by atoms with Crippen LogP contribution in [0.25, 0.3) is 10.9 Å². The van der Waals surface area contributed by atoms with Gasteiger partial charge in [-0.15, -0.1) is 0 Å². The van der Waals surface area contributed by atoms with Crippen molar-refractivity contribution in [3.05, 3.63) is 34.8 Å². The van der Waals surface area contributed by atoms with E-state index in [1.165, 1.54) is 0 Å². The number of aromatic nitrogens is 1. The molecule has 0 aliphatic heterocycles. The van der Waals surface area contributed by atoms with Crippen molar-refractivity contribution < 1.29 is 4.74 Å². The molecule has 0 bridgehead atoms. The Bertz CT molecular complexity index is 502. The highest BCUT2D eigenvalue weighted by atomic mass is 79.9. The fourth-order valence-corrected chi connectivity index (χ4v) is 2.11. The van der Waals surface area contributed by atoms with Crippen LogP contribution in [0.2, 0.25) is 0 Å². The maximum absolute atomic E-state index is 5.00. The van der Waals surface area contributed by atoms with Crippen molar-refractivity contribution in [1.82, 2.24) is 4.98 Å². The third-order valence-electron chi connectivity index (χ3n) is 2.50. The van der Waals surface area contributed by atoms with Crippen LogP contribution >= 0.6 is 15.9 Å². The van der Waals surface area contributed by atoms with Crippen molar-refractivity contribution in [3.63, 3.8) is 0 Å². The molecule has 90 valence electrons. The predicted molar refractivity (Wildman–Crippen MR) is 74.4 cm³/mol. The molecule has 0 spiro atoms. The van der Waals surface area contributed by atoms with Gasteiger partial charge in [0.25, 0.3) is 0 Å². The zero-order chi connectivity index (χ0) is 12.1. The average Bonchev–Trinajstić information content (AvgIpc) is 2.36. The van der Waals surface area contributed by atoms with Crippen molar-refractivity contribution >= 4 is 32.7 Å². The number of halogens is 1. The summed E-state index contributed by atoms with van der Waals surface area (Å²) in [7, 11) is 1.71. The summed E-state index contributed by atoms with van der Waals surface area (Å²) < 4.78 is 6.02. The predicted octanol–water partition coefficient (Wildman–Crippen LogP) is 3.45. The van der Waals surface area contributed by atoms with Gasteiger partial charge in [0, 0.05) is 30.1 Å². The molecule has 4 heteroatoms. The molecule has 0 amide bonds. The number of benzene rings is 1. The Labute approximate surface area is 109 Å². The lowest BCUT2D eigenvalue weighted by atomic mass is 10.2. The second-order valence-electron chi connectivity index (χ2n) is 3.78. The van der Waals surface area contributed by atoms with Crippen molar-refractivity contribution in [2.24, 2.45) is 0 Å². The SMILES string of the molecule is COCCCNc1ccc2cccc(Br)c2n1. The summed E-state index contributed by atoms with van der Waals surface area (Å²) in [6, 6.07) is 10.2. The summed E-state index contributed by atoms with van der Waals surface area (Å²) in [5.41, 5.74) is 0.990. The van der Waals surface area contributed by atoms with Gasteiger partial charge in [0.05, 0.1) is 5.52 Å². The van der Waals surface area contributed by atoms with E-state index >= 15 is 0 Å². The highest BCUT2D eigenvalue weighted by Gasteiger charge is 2.01. The van der Waals surface area contributed by atoms with E-state index in [1.807, 2.05) is 18.2 Å². The highest BCUT2D eigenvalue weighted by Crippen LogP contribution is 2.23. The van der Waals surface area contributed by atoms with E-state index in [2.05, 4.69) is 38.4 Å². The van der Waals surface area contributed by atoms with E-state index in [-0.39, 0.29) is 0 Å². The Hall–Kier alpha value is -1.13. The number of fused-ring (bicyclic) bond motifs is 1. The number of hydrogen-bond donors (Lipinski definition) is 1. The van der Waals surface area contributed by atoms with E-state index in [1.54, 1.807) is 7.11 Å². The van der Waals surface area contributed by atoms with Gasteiger partial charge >= 0.3 is 0 Å². The van der Waals surface area contributed by atoms with Gasteiger partial charge in [-0.05, 0) is 40.5 Å². The Morgan fingerprint density at radius 2 is 2.18 bits per heavy atom. The summed E-state index contributed by atoms with van der Waals surface area (Å²) in [6.07, 6.45) is 0.978. The Balaban J connectivity index is 2.11. The van der Waals surface area contributed by atoms with Gasteiger partial charge in [0.2, 0.25) is 0 Å². The van der Waals surface area contributed by atoms with Crippen molar-refractivity contribution in [2.45, 2.75) is 6.42 Å². The molecule has 0 atom stereocenters. The van der Waals surface area contributed by atoms with E-state index in [0.717, 1.165) is 40.8 Å². The number of ether oxygens (including phenoxy) is 1. The van der Waals surface area contributed by atoms with Crippen LogP contribution in [-0.2, 0) is 4.74 Å². The van der Waals surface area contributed by atoms with Crippen LogP contribution in [0.5, 0.6) is 0 Å². The normalized spacial score (nSPS) is 10.7. The summed E-state index contributed by atoms with van der Waals surface area (Å²) in [5, 5.41) is 4.43. The molecule has 0 aliphatic carbocycles. The molecule has 0 fully saturated rings. The molecule has 0 saturated heterocycles. The third-order valence-corrected chi connectivity index (χ3v) is 3.14. The Morgan fingerprint density at radius 1 is 1.29 bits per heavy atom. The van der Waals surface area contributed by atoms with Crippen LogP contribution in [-0.4, -0.2) is 25.2 Å². The molecular formula is C13H15BrN2O. The van der Waals surface area contributed by atoms with Gasteiger partial charge in [0.1, 0.15) is 5.82 Å². The lowest BCUT2D eigenvalue weighted by Crippen LogP contribution is -2.05. The number of rotatable bonds is 5. The van der Waals surface area contributed by atoms with Gasteiger partial charge in [-0.25, -0.2) is 4.98 Å². The molecule has 2 rings (SSSR count). The van der Waals surface area contributed by atoms with Crippen LogP contribution < -0.4 is 5.32 Å². The molecule has 17 heavy (non-hydrogen) atoms. The average molecular weight is 295 g/mol. The first-order valence-corrected chi connectivity index (χ1v) is 6.38. The van der Waals surface area contributed by atoms with Crippen LogP contribution in [0, 0.1) is 0 Å². The van der Waals surface area contributed by atoms with Gasteiger partial charge in [-0.1, -0.05) is 12.1 Å². The smallest absolute Gasteiger partial charge is 0.126 e. The van der Waals surface area contributed by atoms with Gasteiger partial charge in [0.15, 0.2) is 0 Å². The number of para-hydroxylation sites is 1. The number of nitrogens with zero attached hydrogens (tertiary/aromatic N) is 1. The molecule has 1 N–H and O–H groups in total. The van der Waals surface area contributed by atoms with Gasteiger partial charge in [-0.3, -0.25) is 0 Å². The first kappa shape index (κ1) is 12.3. The number of hydrogen-bond acceptors (Lipinski definition) is 3. The largest absolute Gasteiger partial charge is 0.385 e. The first-order valence-electron chi connectivity index (χ1n) is 5.59. The van der Waals surface area contributed by atoms with Gasteiger partial charge < -0.3 is 10.1 Å². The van der Waals surface area contributed by atoms with E-state index in [4.69, 9.17) is 4.74 Å². The minimum absolute atomic E-state index is 0.768. The van der Waals surface area contributed by atoms with Crippen LogP contribution in [0.1, 0.15) is 6.42 Å². The summed E-state index contributed by atoms with van der Waals surface area (Å²) in [6.45, 7) is 1.64. The maximum atomic E-state index is 5.00. The minimum Gasteiger partial charge on any atom is -0.385 e. The fourth-order valence-electron chi connectivity index (χ4n) is 1.64. The van der Waals surface area contributed by atoms with Crippen molar-refractivity contribution in [1.29, 1.82) is 0 Å². The van der Waals surface area contributed by atoms with E-state index in [9.17, 15) is 0 Å². The molecule has 0 aliphatic rings. The topological polar surface area (TPSA) is 34.1 Å². The van der Waals surface area contributed by atoms with E-state index in [0.29, 0.717) is 0 Å². The summed E-state index contributed by atoms with van der Waals surface area (Å²) >= 11 is 3.51. The highest BCUT2D eigenvalue weighted by molar-refractivity contribution is 9.10. The van der Waals surface area contributed by atoms with E-state index < -0.39 is 0 Å². The van der Waals surface area contributed by atoms with Crippen molar-refractivity contribution in [2.75, 3.05) is 25.6 Å². The maximum Gasteiger partial charge on any atom is 0.126 e. The van der Waals surface area contributed by atoms with Crippen LogP contribution in [0.15, 0.2) is 34.8 Å². The Kier molecular flexibility index (Phi) is 4.34. The van der Waals surface area contributed by atoms with Crippen LogP contribution in [0.4, 0.5) is 5.82 Å². The minimum atomic E-state index is 0.768. The quantitative estimate of drug-likeness (QED) is 0.858. The molecule has 0 radical (unpaired) electrons. The zero-order valence-electron chi connectivity index (χ0n) is 9.74. The lowest BCUT2D eigenvalue weighted by molar-refractivity contribution is 0.198. The first-order chi connectivity index (χ1) is 8.31. The summed E-state index contributed by atoms with van der Waals surface area (Å²) in [4.78, 5) is 4.57. The van der Waals surface area contributed by atoms with Crippen LogP contribution in [0.3, 0.4) is 0 Å². The molecule has 3 nitrogen and oxygen atoms in total. The number of anilines is 1. The fraction of sp³-hybridized carbons (Fsp3) is 0.308. The number of pyridine rings is 1. The molecule has 2 aromatic rings. The number of methoxy groups -OCH3 is 1. The molecule has 0 saturated carbocycles. The zero-order valence-corrected chi connectivity index (χ0v) is 11.3. The monoisotopic (exact) mass is 294 g/mol. The Morgan fingerprint density at radius 3 is 3.00 bits per heavy atom. The second kappa shape index (κ2) is 5.98. The molecule has 1 aromatic heterocycles. The molecule has 1 aromatic carbocycles. The molecular weight excluding hydrogens is 280 g/mol. The van der Waals surface area contributed by atoms with Gasteiger partial charge in [-0.2, -0.15) is 0 Å².